The van der Waals surface area contributed by atoms with Crippen LogP contribution in [-0.2, 0) is 19.1 Å². The van der Waals surface area contributed by atoms with Crippen molar-refractivity contribution in [2.75, 3.05) is 26.1 Å². The average Bonchev–Trinajstić information content (AvgIpc) is 3.52. The number of carboxylic acid groups (broad SMARTS) is 1. The van der Waals surface area contributed by atoms with Crippen LogP contribution in [-0.4, -0.2) is 71.5 Å². The summed E-state index contributed by atoms with van der Waals surface area (Å²) in [6.07, 6.45) is 1.22. The molecule has 0 bridgehead atoms. The number of carbonyl (C=O) groups excluding carboxylic acids is 2. The van der Waals surface area contributed by atoms with Gasteiger partial charge in [-0.2, -0.15) is 0 Å². The van der Waals surface area contributed by atoms with Crippen LogP contribution in [0.5, 0.6) is 0 Å². The number of hydrogen-bond donors (Lipinski definition) is 2. The molecule has 184 valence electrons. The average molecular weight is 497 g/mol. The summed E-state index contributed by atoms with van der Waals surface area (Å²) in [6, 6.07) is 14.2. The largest absolute Gasteiger partial charge is 0.480 e. The molecule has 2 aliphatic carbocycles. The fraction of sp³-hybridized carbons (Fsp3) is 0.423. The molecule has 2 amide bonds. The number of nitrogens with one attached hydrogen (secondary N) is 1. The summed E-state index contributed by atoms with van der Waals surface area (Å²) in [5.74, 6) is -0.949. The van der Waals surface area contributed by atoms with Crippen LogP contribution in [0.2, 0.25) is 0 Å². The molecule has 2 aromatic carbocycles. The van der Waals surface area contributed by atoms with Crippen LogP contribution < -0.4 is 5.32 Å². The molecule has 1 aliphatic heterocycles. The van der Waals surface area contributed by atoms with Crippen LogP contribution >= 0.6 is 11.8 Å². The molecule has 1 saturated heterocycles. The highest BCUT2D eigenvalue weighted by Crippen LogP contribution is 2.46. The first-order valence-corrected chi connectivity index (χ1v) is 12.8. The number of hydrogen-bond acceptors (Lipinski definition) is 6. The monoisotopic (exact) mass is 496 g/mol. The second-order valence-corrected chi connectivity index (χ2v) is 10.3. The molecule has 1 saturated carbocycles. The van der Waals surface area contributed by atoms with E-state index >= 15 is 0 Å². The highest BCUT2D eigenvalue weighted by molar-refractivity contribution is 8.00. The van der Waals surface area contributed by atoms with Crippen LogP contribution in [0, 0.1) is 5.92 Å². The van der Waals surface area contributed by atoms with Gasteiger partial charge in [-0.05, 0) is 41.0 Å². The molecule has 9 heteroatoms. The molecule has 2 aromatic rings. The smallest absolute Gasteiger partial charge is 0.407 e. The second kappa shape index (κ2) is 9.91. The molecule has 35 heavy (non-hydrogen) atoms. The molecule has 2 unspecified atom stereocenters. The van der Waals surface area contributed by atoms with Crippen molar-refractivity contribution in [3.05, 3.63) is 59.7 Å². The number of fused-ring (bicyclic) bond motifs is 3. The number of benzene rings is 2. The van der Waals surface area contributed by atoms with E-state index in [9.17, 15) is 19.5 Å². The standard InChI is InChI=1S/C26H28N2O6S/c1-33-13-21(23(29)28-22(25(30)31)14-35-24(28)15-10-11-15)27-26(32)34-12-20-18-8-4-2-6-16(18)17-7-3-5-9-19(17)20/h2-9,15,20-22,24H,10-14H2,1H3,(H,27,32)(H,30,31)/t21-,22?,24?/m0/s1. The van der Waals surface area contributed by atoms with E-state index < -0.39 is 30.1 Å². The van der Waals surface area contributed by atoms with Gasteiger partial charge in [0.2, 0.25) is 5.91 Å². The van der Waals surface area contributed by atoms with Crippen molar-refractivity contribution in [2.45, 2.75) is 36.2 Å². The number of rotatable bonds is 8. The third-order valence-electron chi connectivity index (χ3n) is 6.87. The quantitative estimate of drug-likeness (QED) is 0.578. The summed E-state index contributed by atoms with van der Waals surface area (Å²) in [6.45, 7) is 0.0453. The topological polar surface area (TPSA) is 105 Å². The SMILES string of the molecule is COC[C@H](NC(=O)OCC1c2ccccc2-c2ccccc21)C(=O)N1C(C(=O)O)CSC1C1CC1. The predicted octanol–water partition coefficient (Wildman–Crippen LogP) is 3.30. The van der Waals surface area contributed by atoms with E-state index in [1.54, 1.807) is 0 Å². The number of alkyl carbamates (subject to hydrolysis) is 1. The van der Waals surface area contributed by atoms with Crippen LogP contribution in [0.4, 0.5) is 4.79 Å². The van der Waals surface area contributed by atoms with Gasteiger partial charge in [-0.25, -0.2) is 9.59 Å². The Hall–Kier alpha value is -3.04. The number of methoxy groups -OCH3 is 1. The van der Waals surface area contributed by atoms with E-state index in [1.165, 1.54) is 23.8 Å². The van der Waals surface area contributed by atoms with Crippen molar-refractivity contribution in [3.8, 4) is 11.1 Å². The van der Waals surface area contributed by atoms with E-state index in [2.05, 4.69) is 17.4 Å². The molecule has 2 fully saturated rings. The fourth-order valence-corrected chi connectivity index (χ4v) is 6.68. The summed E-state index contributed by atoms with van der Waals surface area (Å²) >= 11 is 1.49. The zero-order valence-corrected chi connectivity index (χ0v) is 20.2. The Morgan fingerprint density at radius 2 is 1.71 bits per heavy atom. The lowest BCUT2D eigenvalue weighted by Crippen LogP contribution is -2.56. The summed E-state index contributed by atoms with van der Waals surface area (Å²) in [7, 11) is 1.44. The van der Waals surface area contributed by atoms with Gasteiger partial charge in [0.1, 0.15) is 18.7 Å². The lowest BCUT2D eigenvalue weighted by atomic mass is 9.98. The lowest BCUT2D eigenvalue weighted by Gasteiger charge is -2.31. The van der Waals surface area contributed by atoms with Gasteiger partial charge in [-0.15, -0.1) is 11.8 Å². The molecule has 0 radical (unpaired) electrons. The maximum Gasteiger partial charge on any atom is 0.407 e. The maximum atomic E-state index is 13.4. The maximum absolute atomic E-state index is 13.4. The third-order valence-corrected chi connectivity index (χ3v) is 8.33. The fourth-order valence-electron chi connectivity index (χ4n) is 5.05. The summed E-state index contributed by atoms with van der Waals surface area (Å²) in [5, 5.41) is 12.1. The minimum absolute atomic E-state index is 0.0755. The number of thioether (sulfide) groups is 1. The van der Waals surface area contributed by atoms with Gasteiger partial charge in [0.25, 0.3) is 0 Å². The Morgan fingerprint density at radius 3 is 2.29 bits per heavy atom. The second-order valence-electron chi connectivity index (χ2n) is 9.14. The molecule has 3 atom stereocenters. The third kappa shape index (κ3) is 4.62. The molecule has 8 nitrogen and oxygen atoms in total. The molecule has 3 aliphatic rings. The van der Waals surface area contributed by atoms with Gasteiger partial charge in [0.05, 0.1) is 12.0 Å². The van der Waals surface area contributed by atoms with Gasteiger partial charge in [0.15, 0.2) is 0 Å². The van der Waals surface area contributed by atoms with Crippen molar-refractivity contribution in [2.24, 2.45) is 5.92 Å². The normalized spacial score (nSPS) is 21.8. The first-order chi connectivity index (χ1) is 17.0. The number of carboxylic acids is 1. The number of carbonyl (C=O) groups is 3. The molecule has 2 N–H and O–H groups in total. The first kappa shape index (κ1) is 23.7. The molecule has 0 spiro atoms. The van der Waals surface area contributed by atoms with Crippen molar-refractivity contribution in [3.63, 3.8) is 0 Å². The van der Waals surface area contributed by atoms with Gasteiger partial charge in [0, 0.05) is 18.8 Å². The van der Waals surface area contributed by atoms with Crippen LogP contribution in [0.25, 0.3) is 11.1 Å². The summed E-state index contributed by atoms with van der Waals surface area (Å²) in [5.41, 5.74) is 4.44. The Labute approximate surface area is 208 Å². The molecule has 0 aromatic heterocycles. The lowest BCUT2D eigenvalue weighted by molar-refractivity contribution is -0.150. The van der Waals surface area contributed by atoms with Crippen molar-refractivity contribution in [1.29, 1.82) is 0 Å². The van der Waals surface area contributed by atoms with Crippen LogP contribution in [0.15, 0.2) is 48.5 Å². The molecule has 5 rings (SSSR count). The zero-order chi connectivity index (χ0) is 24.5. The molecular weight excluding hydrogens is 468 g/mol. The summed E-state index contributed by atoms with van der Waals surface area (Å²) in [4.78, 5) is 39.4. The van der Waals surface area contributed by atoms with Gasteiger partial charge in [-0.3, -0.25) is 4.79 Å². The Morgan fingerprint density at radius 1 is 1.09 bits per heavy atom. The van der Waals surface area contributed by atoms with Gasteiger partial charge in [-0.1, -0.05) is 48.5 Å². The van der Waals surface area contributed by atoms with Crippen molar-refractivity contribution in [1.82, 2.24) is 10.2 Å². The zero-order valence-electron chi connectivity index (χ0n) is 19.4. The van der Waals surface area contributed by atoms with Crippen LogP contribution in [0.3, 0.4) is 0 Å². The minimum atomic E-state index is -1.04. The molecule has 1 heterocycles. The minimum Gasteiger partial charge on any atom is -0.480 e. The van der Waals surface area contributed by atoms with Crippen molar-refractivity contribution >= 4 is 29.7 Å². The van der Waals surface area contributed by atoms with E-state index in [0.717, 1.165) is 35.1 Å². The Balaban J connectivity index is 1.27. The highest BCUT2D eigenvalue weighted by Gasteiger charge is 2.49. The number of amides is 2. The van der Waals surface area contributed by atoms with Gasteiger partial charge < -0.3 is 24.8 Å². The van der Waals surface area contributed by atoms with Gasteiger partial charge >= 0.3 is 12.1 Å². The Bertz CT molecular complexity index is 1090. The van der Waals surface area contributed by atoms with E-state index in [0.29, 0.717) is 11.7 Å². The number of aliphatic carboxylic acids is 1. The van der Waals surface area contributed by atoms with E-state index in [1.807, 2.05) is 36.4 Å². The predicted molar refractivity (Wildman–Crippen MR) is 131 cm³/mol. The van der Waals surface area contributed by atoms with E-state index in [-0.39, 0.29) is 24.5 Å². The molecular formula is C26H28N2O6S. The summed E-state index contributed by atoms with van der Waals surface area (Å²) < 4.78 is 10.8. The number of nitrogens with zero attached hydrogens (tertiary/aromatic N) is 1. The number of ether oxygens (including phenoxy) is 2. The van der Waals surface area contributed by atoms with Crippen LogP contribution in [0.1, 0.15) is 29.9 Å². The van der Waals surface area contributed by atoms with E-state index in [4.69, 9.17) is 9.47 Å². The van der Waals surface area contributed by atoms with Crippen molar-refractivity contribution < 1.29 is 29.0 Å². The Kier molecular flexibility index (Phi) is 6.71. The first-order valence-electron chi connectivity index (χ1n) is 11.8. The highest BCUT2D eigenvalue weighted by atomic mass is 32.2.